The van der Waals surface area contributed by atoms with E-state index in [1.165, 1.54) is 29.7 Å². The maximum atomic E-state index is 13.1. The molecule has 116 valence electrons. The van der Waals surface area contributed by atoms with Gasteiger partial charge < -0.3 is 5.11 Å². The Morgan fingerprint density at radius 1 is 1.52 bits per heavy atom. The number of nitrogens with zero attached hydrogens (tertiary/aromatic N) is 2. The summed E-state index contributed by atoms with van der Waals surface area (Å²) in [5.41, 5.74) is -3.11. The molecule has 0 bridgehead atoms. The maximum Gasteiger partial charge on any atom is 0.438 e. The normalized spacial score (nSPS) is 22.9. The Morgan fingerprint density at radius 3 is 2.62 bits per heavy atom. The Bertz CT molecular complexity index is 594. The number of amides is 1. The molecule has 2 heterocycles. The molecule has 1 N–H and O–H groups in total. The summed E-state index contributed by atoms with van der Waals surface area (Å²) in [5.74, 6) is -0.781. The summed E-state index contributed by atoms with van der Waals surface area (Å²) in [7, 11) is 0. The summed E-state index contributed by atoms with van der Waals surface area (Å²) in [6, 6.07) is 1.54. The van der Waals surface area contributed by atoms with Gasteiger partial charge in [0.05, 0.1) is 5.56 Å². The van der Waals surface area contributed by atoms with E-state index in [0.717, 1.165) is 4.88 Å². The Morgan fingerprint density at radius 2 is 2.14 bits per heavy atom. The molecule has 1 atom stereocenters. The highest BCUT2D eigenvalue weighted by atomic mass is 32.1. The fraction of sp³-hybridized carbons (Fsp3) is 0.538. The smallest absolute Gasteiger partial charge is 0.362 e. The molecule has 1 amide bonds. The molecule has 1 aliphatic heterocycles. The summed E-state index contributed by atoms with van der Waals surface area (Å²) in [5, 5.41) is 15.1. The molecule has 0 fully saturated rings. The molecule has 1 aromatic rings. The van der Waals surface area contributed by atoms with Gasteiger partial charge in [-0.2, -0.15) is 23.3 Å². The molecule has 1 aliphatic rings. The quantitative estimate of drug-likeness (QED) is 0.908. The summed E-state index contributed by atoms with van der Waals surface area (Å²) in [6.45, 7) is 5.19. The van der Waals surface area contributed by atoms with Crippen molar-refractivity contribution < 1.29 is 23.1 Å². The predicted molar refractivity (Wildman–Crippen MR) is 73.3 cm³/mol. The van der Waals surface area contributed by atoms with Gasteiger partial charge in [-0.25, -0.2) is 0 Å². The van der Waals surface area contributed by atoms with Crippen molar-refractivity contribution in [3.8, 4) is 0 Å². The van der Waals surface area contributed by atoms with Crippen LogP contribution in [0, 0.1) is 0 Å². The van der Waals surface area contributed by atoms with E-state index in [9.17, 15) is 23.1 Å². The van der Waals surface area contributed by atoms with Gasteiger partial charge in [0.2, 0.25) is 0 Å². The fourth-order valence-corrected chi connectivity index (χ4v) is 2.94. The molecule has 0 aromatic carbocycles. The molecular formula is C13H15F3N2O2S. The zero-order chi connectivity index (χ0) is 16.0. The zero-order valence-corrected chi connectivity index (χ0v) is 12.5. The van der Waals surface area contributed by atoms with Crippen molar-refractivity contribution in [1.29, 1.82) is 0 Å². The molecule has 0 aliphatic carbocycles. The van der Waals surface area contributed by atoms with Gasteiger partial charge in [-0.15, -0.1) is 11.3 Å². The first-order valence-corrected chi connectivity index (χ1v) is 7.20. The Labute approximate surface area is 123 Å². The third-order valence-electron chi connectivity index (χ3n) is 3.21. The van der Waals surface area contributed by atoms with Gasteiger partial charge in [0, 0.05) is 22.4 Å². The SMILES string of the molecule is CC1=NN(C(=O)c2csc(C(C)C)c2)[C@@](O)(C(F)(F)F)C1. The Kier molecular flexibility index (Phi) is 3.88. The minimum atomic E-state index is -4.97. The minimum absolute atomic E-state index is 0.0579. The average Bonchev–Trinajstić information content (AvgIpc) is 2.93. The van der Waals surface area contributed by atoms with E-state index in [4.69, 9.17) is 0 Å². The number of halogens is 3. The molecule has 1 aromatic heterocycles. The van der Waals surface area contributed by atoms with Crippen molar-refractivity contribution in [2.24, 2.45) is 5.10 Å². The topological polar surface area (TPSA) is 52.9 Å². The first-order chi connectivity index (χ1) is 9.56. The number of thiophene rings is 1. The van der Waals surface area contributed by atoms with Crippen LogP contribution < -0.4 is 0 Å². The van der Waals surface area contributed by atoms with Gasteiger partial charge in [-0.1, -0.05) is 13.8 Å². The average molecular weight is 320 g/mol. The molecule has 0 saturated heterocycles. The lowest BCUT2D eigenvalue weighted by atomic mass is 10.1. The molecular weight excluding hydrogens is 305 g/mol. The second-order valence-corrected chi connectivity index (χ2v) is 6.28. The second kappa shape index (κ2) is 5.10. The van der Waals surface area contributed by atoms with E-state index in [-0.39, 0.29) is 22.2 Å². The largest absolute Gasteiger partial charge is 0.438 e. The Hall–Kier alpha value is -1.41. The maximum absolute atomic E-state index is 13.1. The molecule has 21 heavy (non-hydrogen) atoms. The van der Waals surface area contributed by atoms with Crippen molar-refractivity contribution in [2.75, 3.05) is 0 Å². The lowest BCUT2D eigenvalue weighted by molar-refractivity contribution is -0.297. The van der Waals surface area contributed by atoms with Crippen LogP contribution in [0.5, 0.6) is 0 Å². The van der Waals surface area contributed by atoms with Gasteiger partial charge in [-0.05, 0) is 18.9 Å². The van der Waals surface area contributed by atoms with Crippen LogP contribution in [0.1, 0.15) is 48.3 Å². The van der Waals surface area contributed by atoms with Crippen LogP contribution in [-0.2, 0) is 0 Å². The van der Waals surface area contributed by atoms with E-state index >= 15 is 0 Å². The van der Waals surface area contributed by atoms with Crippen molar-refractivity contribution in [2.45, 2.75) is 45.0 Å². The molecule has 8 heteroatoms. The number of hydrogen-bond donors (Lipinski definition) is 1. The lowest BCUT2D eigenvalue weighted by Crippen LogP contribution is -2.56. The van der Waals surface area contributed by atoms with Crippen LogP contribution in [0.25, 0.3) is 0 Å². The fourth-order valence-electron chi connectivity index (χ4n) is 2.04. The van der Waals surface area contributed by atoms with Gasteiger partial charge in [-0.3, -0.25) is 4.79 Å². The van der Waals surface area contributed by atoms with E-state index in [1.807, 2.05) is 13.8 Å². The van der Waals surface area contributed by atoms with Crippen molar-refractivity contribution >= 4 is 23.0 Å². The van der Waals surface area contributed by atoms with Crippen LogP contribution in [0.2, 0.25) is 0 Å². The third kappa shape index (κ3) is 2.69. The first kappa shape index (κ1) is 16.0. The van der Waals surface area contributed by atoms with Gasteiger partial charge in [0.25, 0.3) is 11.6 Å². The number of aliphatic hydroxyl groups is 1. The minimum Gasteiger partial charge on any atom is -0.362 e. The van der Waals surface area contributed by atoms with Crippen molar-refractivity contribution in [3.63, 3.8) is 0 Å². The monoisotopic (exact) mass is 320 g/mol. The van der Waals surface area contributed by atoms with Gasteiger partial charge in [0.1, 0.15) is 0 Å². The number of carbonyl (C=O) groups excluding carboxylic acids is 1. The number of alkyl halides is 3. The molecule has 0 radical (unpaired) electrons. The number of rotatable bonds is 2. The highest BCUT2D eigenvalue weighted by Gasteiger charge is 2.62. The van der Waals surface area contributed by atoms with Crippen LogP contribution in [0.3, 0.4) is 0 Å². The van der Waals surface area contributed by atoms with Crippen LogP contribution in [0.4, 0.5) is 13.2 Å². The molecule has 4 nitrogen and oxygen atoms in total. The lowest BCUT2D eigenvalue weighted by Gasteiger charge is -2.32. The van der Waals surface area contributed by atoms with Crippen molar-refractivity contribution in [1.82, 2.24) is 5.01 Å². The summed E-state index contributed by atoms with van der Waals surface area (Å²) < 4.78 is 39.2. The summed E-state index contributed by atoms with van der Waals surface area (Å²) in [6.07, 6.45) is -5.70. The van der Waals surface area contributed by atoms with Crippen LogP contribution >= 0.6 is 11.3 Å². The van der Waals surface area contributed by atoms with Gasteiger partial charge in [0.15, 0.2) is 0 Å². The third-order valence-corrected chi connectivity index (χ3v) is 4.44. The molecule has 0 spiro atoms. The number of hydrazone groups is 1. The van der Waals surface area contributed by atoms with Crippen LogP contribution in [0.15, 0.2) is 16.5 Å². The number of carbonyl (C=O) groups is 1. The molecule has 0 unspecified atom stereocenters. The van der Waals surface area contributed by atoms with E-state index in [1.54, 1.807) is 0 Å². The summed E-state index contributed by atoms with van der Waals surface area (Å²) >= 11 is 1.29. The standard InChI is InChI=1S/C13H15F3N2O2S/c1-7(2)10-4-9(6-21-10)11(19)18-12(20,13(14,15)16)5-8(3)17-18/h4,6-7,20H,5H2,1-3H3/t12-/m0/s1. The van der Waals surface area contributed by atoms with E-state index in [0.29, 0.717) is 0 Å². The van der Waals surface area contributed by atoms with E-state index in [2.05, 4.69) is 5.10 Å². The van der Waals surface area contributed by atoms with Crippen LogP contribution in [-0.4, -0.2) is 33.6 Å². The highest BCUT2D eigenvalue weighted by molar-refractivity contribution is 7.10. The van der Waals surface area contributed by atoms with E-state index < -0.39 is 24.2 Å². The Balaban J connectivity index is 2.36. The molecule has 0 saturated carbocycles. The number of hydrogen-bond acceptors (Lipinski definition) is 4. The molecule has 2 rings (SSSR count). The predicted octanol–water partition coefficient (Wildman–Crippen LogP) is 3.34. The summed E-state index contributed by atoms with van der Waals surface area (Å²) in [4.78, 5) is 13.1. The van der Waals surface area contributed by atoms with Gasteiger partial charge >= 0.3 is 6.18 Å². The van der Waals surface area contributed by atoms with Crippen molar-refractivity contribution in [3.05, 3.63) is 21.9 Å². The zero-order valence-electron chi connectivity index (χ0n) is 11.7. The highest BCUT2D eigenvalue weighted by Crippen LogP contribution is 2.41. The first-order valence-electron chi connectivity index (χ1n) is 6.32. The second-order valence-electron chi connectivity index (χ2n) is 5.34.